The third-order valence-corrected chi connectivity index (χ3v) is 3.02. The average molecular weight is 282 g/mol. The fourth-order valence-electron chi connectivity index (χ4n) is 1.97. The van der Waals surface area contributed by atoms with E-state index >= 15 is 0 Å². The molecule has 1 rings (SSSR count). The summed E-state index contributed by atoms with van der Waals surface area (Å²) in [6.45, 7) is 5.15. The predicted octanol–water partition coefficient (Wildman–Crippen LogP) is 2.63. The third-order valence-electron chi connectivity index (χ3n) is 3.02. The maximum Gasteiger partial charge on any atom is 0.374 e. The van der Waals surface area contributed by atoms with E-state index in [1.807, 2.05) is 0 Å². The molecule has 20 heavy (non-hydrogen) atoms. The Bertz CT molecular complexity index is 509. The molecule has 1 aromatic carbocycles. The number of carbonyl (C=O) groups excluding carboxylic acids is 2. The molecule has 1 aromatic rings. The van der Waals surface area contributed by atoms with E-state index < -0.39 is 23.0 Å². The van der Waals surface area contributed by atoms with Crippen molar-refractivity contribution in [1.29, 1.82) is 0 Å². The van der Waals surface area contributed by atoms with Crippen LogP contribution in [0.3, 0.4) is 0 Å². The highest BCUT2D eigenvalue weighted by atomic mass is 19.1. The van der Waals surface area contributed by atoms with Gasteiger partial charge in [-0.05, 0) is 18.6 Å². The molecule has 0 fully saturated rings. The smallest absolute Gasteiger partial charge is 0.374 e. The topological polar surface area (TPSA) is 52.6 Å². The highest BCUT2D eigenvalue weighted by molar-refractivity contribution is 6.33. The largest absolute Gasteiger partial charge is 0.494 e. The number of esters is 1. The van der Waals surface area contributed by atoms with Gasteiger partial charge in [-0.1, -0.05) is 26.0 Å². The van der Waals surface area contributed by atoms with Crippen LogP contribution in [0.1, 0.15) is 32.8 Å². The first-order chi connectivity index (χ1) is 9.33. The normalized spacial score (nSPS) is 11.1. The van der Waals surface area contributed by atoms with Crippen LogP contribution in [0.5, 0.6) is 5.75 Å². The third kappa shape index (κ3) is 3.56. The minimum Gasteiger partial charge on any atom is -0.494 e. The molecule has 0 radical (unpaired) electrons. The zero-order valence-corrected chi connectivity index (χ0v) is 12.2. The average Bonchev–Trinajstić information content (AvgIpc) is 2.38. The van der Waals surface area contributed by atoms with Crippen molar-refractivity contribution in [3.05, 3.63) is 29.6 Å². The molecule has 0 amide bonds. The number of carbonyl (C=O) groups is 2. The summed E-state index contributed by atoms with van der Waals surface area (Å²) in [5.74, 6) is -1.96. The van der Waals surface area contributed by atoms with E-state index in [2.05, 4.69) is 4.74 Å². The van der Waals surface area contributed by atoms with E-state index in [0.29, 0.717) is 5.56 Å². The van der Waals surface area contributed by atoms with Gasteiger partial charge in [0.25, 0.3) is 0 Å². The summed E-state index contributed by atoms with van der Waals surface area (Å²) in [7, 11) is 1.37. The first-order valence-electron chi connectivity index (χ1n) is 6.36. The Morgan fingerprint density at radius 2 is 1.95 bits per heavy atom. The highest BCUT2D eigenvalue weighted by Crippen LogP contribution is 2.33. The van der Waals surface area contributed by atoms with E-state index in [-0.39, 0.29) is 18.8 Å². The lowest BCUT2D eigenvalue weighted by Gasteiger charge is -2.25. The molecule has 0 heterocycles. The quantitative estimate of drug-likeness (QED) is 0.594. The number of ether oxygens (including phenoxy) is 2. The summed E-state index contributed by atoms with van der Waals surface area (Å²) in [5, 5.41) is 0. The highest BCUT2D eigenvalue weighted by Gasteiger charge is 2.31. The van der Waals surface area contributed by atoms with Crippen molar-refractivity contribution >= 4 is 11.8 Å². The van der Waals surface area contributed by atoms with Crippen molar-refractivity contribution in [3.63, 3.8) is 0 Å². The zero-order valence-electron chi connectivity index (χ0n) is 12.2. The van der Waals surface area contributed by atoms with Gasteiger partial charge in [0, 0.05) is 11.8 Å². The number of benzene rings is 1. The van der Waals surface area contributed by atoms with Gasteiger partial charge in [-0.3, -0.25) is 4.79 Å². The van der Waals surface area contributed by atoms with E-state index in [1.165, 1.54) is 13.2 Å². The van der Waals surface area contributed by atoms with Crippen LogP contribution in [0.2, 0.25) is 0 Å². The molecule has 0 unspecified atom stereocenters. The van der Waals surface area contributed by atoms with Crippen LogP contribution in [0.15, 0.2) is 18.2 Å². The number of hydrogen-bond acceptors (Lipinski definition) is 4. The van der Waals surface area contributed by atoms with Crippen LogP contribution in [0, 0.1) is 5.82 Å². The summed E-state index contributed by atoms with van der Waals surface area (Å²) < 4.78 is 23.8. The minimum atomic E-state index is -0.885. The number of rotatable bonds is 6. The molecule has 0 aliphatic heterocycles. The second-order valence-electron chi connectivity index (χ2n) is 5.03. The molecule has 0 aromatic heterocycles. The van der Waals surface area contributed by atoms with Gasteiger partial charge in [0.1, 0.15) is 0 Å². The van der Waals surface area contributed by atoms with Gasteiger partial charge >= 0.3 is 5.97 Å². The molecular formula is C15H19FO4. The Hall–Kier alpha value is -1.91. The van der Waals surface area contributed by atoms with E-state index in [0.717, 1.165) is 0 Å². The van der Waals surface area contributed by atoms with E-state index in [4.69, 9.17) is 4.74 Å². The molecule has 0 aliphatic carbocycles. The molecule has 0 spiro atoms. The van der Waals surface area contributed by atoms with Crippen molar-refractivity contribution in [3.8, 4) is 5.75 Å². The molecule has 0 atom stereocenters. The molecule has 110 valence electrons. The molecule has 0 aliphatic rings. The van der Waals surface area contributed by atoms with Crippen LogP contribution in [0.4, 0.5) is 4.39 Å². The number of ketones is 1. The first kappa shape index (κ1) is 16.1. The summed E-state index contributed by atoms with van der Waals surface area (Å²) in [6, 6.07) is 4.73. The Balaban J connectivity index is 2.99. The molecule has 4 nitrogen and oxygen atoms in total. The number of hydrogen-bond donors (Lipinski definition) is 0. The van der Waals surface area contributed by atoms with Crippen LogP contribution < -0.4 is 4.74 Å². The van der Waals surface area contributed by atoms with Gasteiger partial charge in [-0.2, -0.15) is 0 Å². The number of halogens is 1. The van der Waals surface area contributed by atoms with Crippen LogP contribution >= 0.6 is 0 Å². The molecule has 0 bridgehead atoms. The fourth-order valence-corrected chi connectivity index (χ4v) is 1.97. The molecule has 0 N–H and O–H groups in total. The Morgan fingerprint density at radius 3 is 2.50 bits per heavy atom. The summed E-state index contributed by atoms with van der Waals surface area (Å²) in [4.78, 5) is 23.1. The number of Topliss-reactive ketones (excluding diaryl/α,β-unsaturated/α-hetero) is 1. The van der Waals surface area contributed by atoms with Crippen molar-refractivity contribution in [2.75, 3.05) is 13.7 Å². The Morgan fingerprint density at radius 1 is 1.30 bits per heavy atom. The van der Waals surface area contributed by atoms with E-state index in [9.17, 15) is 14.0 Å². The SMILES string of the molecule is CCOC(=O)C(=O)CC(C)(C)c1cccc(OC)c1F. The maximum absolute atomic E-state index is 14.2. The van der Waals surface area contributed by atoms with Crippen LogP contribution in [0.25, 0.3) is 0 Å². The lowest BCUT2D eigenvalue weighted by atomic mass is 9.79. The molecular weight excluding hydrogens is 263 g/mol. The fraction of sp³-hybridized carbons (Fsp3) is 0.467. The second-order valence-corrected chi connectivity index (χ2v) is 5.03. The van der Waals surface area contributed by atoms with Crippen molar-refractivity contribution in [2.45, 2.75) is 32.6 Å². The Kier molecular flexibility index (Phi) is 5.25. The lowest BCUT2D eigenvalue weighted by molar-refractivity contribution is -0.154. The maximum atomic E-state index is 14.2. The summed E-state index contributed by atoms with van der Waals surface area (Å²) >= 11 is 0. The lowest BCUT2D eigenvalue weighted by Crippen LogP contribution is -2.28. The standard InChI is InChI=1S/C15H19FO4/c1-5-20-14(18)11(17)9-15(2,3)10-7-6-8-12(19-4)13(10)16/h6-8H,5,9H2,1-4H3. The zero-order chi connectivity index (χ0) is 15.3. The van der Waals surface area contributed by atoms with Gasteiger partial charge in [0.15, 0.2) is 11.6 Å². The van der Waals surface area contributed by atoms with Crippen LogP contribution in [-0.2, 0) is 19.7 Å². The van der Waals surface area contributed by atoms with Gasteiger partial charge in [-0.15, -0.1) is 0 Å². The van der Waals surface area contributed by atoms with Crippen molar-refractivity contribution in [2.24, 2.45) is 0 Å². The first-order valence-corrected chi connectivity index (χ1v) is 6.36. The van der Waals surface area contributed by atoms with Crippen molar-refractivity contribution < 1.29 is 23.5 Å². The summed E-state index contributed by atoms with van der Waals surface area (Å²) in [6.07, 6.45) is -0.129. The van der Waals surface area contributed by atoms with Crippen molar-refractivity contribution in [1.82, 2.24) is 0 Å². The Labute approximate surface area is 117 Å². The van der Waals surface area contributed by atoms with Crippen LogP contribution in [-0.4, -0.2) is 25.5 Å². The minimum absolute atomic E-state index is 0.110. The number of methoxy groups -OCH3 is 1. The molecule has 5 heteroatoms. The van der Waals surface area contributed by atoms with E-state index in [1.54, 1.807) is 32.9 Å². The molecule has 0 saturated carbocycles. The van der Waals surface area contributed by atoms with Gasteiger partial charge < -0.3 is 9.47 Å². The van der Waals surface area contributed by atoms with Gasteiger partial charge in [0.05, 0.1) is 13.7 Å². The summed E-state index contributed by atoms with van der Waals surface area (Å²) in [5.41, 5.74) is -0.503. The monoisotopic (exact) mass is 282 g/mol. The van der Waals surface area contributed by atoms with Gasteiger partial charge in [-0.25, -0.2) is 9.18 Å². The molecule has 0 saturated heterocycles. The second kappa shape index (κ2) is 6.50. The predicted molar refractivity (Wildman–Crippen MR) is 72.2 cm³/mol. The van der Waals surface area contributed by atoms with Gasteiger partial charge in [0.2, 0.25) is 5.78 Å².